The minimum Gasteiger partial charge on any atom is -0.456 e. The van der Waals surface area contributed by atoms with Gasteiger partial charge in [0, 0.05) is 19.0 Å². The predicted octanol–water partition coefficient (Wildman–Crippen LogP) is 6.04. The van der Waals surface area contributed by atoms with Crippen LogP contribution in [0.4, 0.5) is 8.78 Å². The molecule has 10 nitrogen and oxygen atoms in total. The summed E-state index contributed by atoms with van der Waals surface area (Å²) in [5, 5.41) is 9.97. The van der Waals surface area contributed by atoms with Gasteiger partial charge in [0.05, 0.1) is 23.4 Å². The number of hydrogen-bond donors (Lipinski definition) is 2. The maximum Gasteiger partial charge on any atom is 0.338 e. The number of carbonyl (C=O) groups is 4. The molecule has 1 atom stereocenters. The van der Waals surface area contributed by atoms with Crippen LogP contribution in [0.2, 0.25) is 0 Å². The van der Waals surface area contributed by atoms with E-state index < -0.39 is 41.1 Å². The number of benzene rings is 3. The van der Waals surface area contributed by atoms with E-state index >= 15 is 0 Å². The van der Waals surface area contributed by atoms with Crippen molar-refractivity contribution in [1.82, 2.24) is 25.2 Å². The lowest BCUT2D eigenvalue weighted by atomic mass is 9.97. The summed E-state index contributed by atoms with van der Waals surface area (Å²) in [6.07, 6.45) is 2.54. The summed E-state index contributed by atoms with van der Waals surface area (Å²) in [7, 11) is 0. The Labute approximate surface area is 286 Å². The second-order valence-corrected chi connectivity index (χ2v) is 13.2. The molecule has 0 unspecified atom stereocenters. The minimum atomic E-state index is -1.05. The van der Waals surface area contributed by atoms with Gasteiger partial charge in [-0.25, -0.2) is 23.1 Å². The van der Waals surface area contributed by atoms with Gasteiger partial charge in [0.25, 0.3) is 11.8 Å². The molecule has 2 amide bonds. The number of aromatic nitrogens is 3. The van der Waals surface area contributed by atoms with Crippen LogP contribution in [-0.2, 0) is 24.1 Å². The number of carbonyl (C=O) groups excluding carboxylic acids is 4. The lowest BCUT2D eigenvalue weighted by molar-refractivity contribution is 0.00682. The highest BCUT2D eigenvalue weighted by molar-refractivity contribution is 6.04. The van der Waals surface area contributed by atoms with Crippen molar-refractivity contribution in [3.05, 3.63) is 135 Å². The van der Waals surface area contributed by atoms with Gasteiger partial charge < -0.3 is 15.4 Å². The number of rotatable bonds is 9. The van der Waals surface area contributed by atoms with Crippen LogP contribution in [-0.4, -0.2) is 43.8 Å². The topological polar surface area (TPSA) is 132 Å². The van der Waals surface area contributed by atoms with Crippen molar-refractivity contribution in [2.45, 2.75) is 65.1 Å². The second-order valence-electron chi connectivity index (χ2n) is 13.2. The van der Waals surface area contributed by atoms with Crippen LogP contribution in [0.3, 0.4) is 0 Å². The molecule has 3 aromatic carbocycles. The molecule has 1 aliphatic rings. The average molecular weight is 680 g/mol. The molecule has 12 heteroatoms. The Balaban J connectivity index is 1.31. The van der Waals surface area contributed by atoms with Crippen LogP contribution >= 0.6 is 0 Å². The van der Waals surface area contributed by atoms with Crippen molar-refractivity contribution >= 4 is 29.2 Å². The molecule has 2 heterocycles. The lowest BCUT2D eigenvalue weighted by Gasteiger charge is -2.21. The third kappa shape index (κ3) is 7.14. The van der Waals surface area contributed by atoms with E-state index in [1.54, 1.807) is 26.8 Å². The third-order valence-corrected chi connectivity index (χ3v) is 8.50. The minimum absolute atomic E-state index is 0.0150. The van der Waals surface area contributed by atoms with Crippen LogP contribution < -0.4 is 10.6 Å². The van der Waals surface area contributed by atoms with Crippen molar-refractivity contribution in [2.24, 2.45) is 0 Å². The van der Waals surface area contributed by atoms with Crippen LogP contribution in [0, 0.1) is 18.6 Å². The Bertz CT molecular complexity index is 2160. The van der Waals surface area contributed by atoms with Crippen LogP contribution in [0.25, 0.3) is 5.65 Å². The molecular formula is C38H35F2N5O5. The smallest absolute Gasteiger partial charge is 0.338 e. The first-order chi connectivity index (χ1) is 23.8. The quantitative estimate of drug-likeness (QED) is 0.143. The van der Waals surface area contributed by atoms with Crippen LogP contribution in [0.5, 0.6) is 0 Å². The zero-order valence-corrected chi connectivity index (χ0v) is 28.0. The molecule has 0 aliphatic heterocycles. The fourth-order valence-corrected chi connectivity index (χ4v) is 6.05. The van der Waals surface area contributed by atoms with Crippen molar-refractivity contribution in [1.29, 1.82) is 0 Å². The molecule has 0 radical (unpaired) electrons. The van der Waals surface area contributed by atoms with Crippen molar-refractivity contribution in [3.63, 3.8) is 0 Å². The number of Topliss-reactive ketones (excluding diaryl/α,β-unsaturated/α-hetero) is 1. The fourth-order valence-electron chi connectivity index (χ4n) is 6.05. The Morgan fingerprint density at radius 3 is 2.40 bits per heavy atom. The predicted molar refractivity (Wildman–Crippen MR) is 180 cm³/mol. The lowest BCUT2D eigenvalue weighted by Crippen LogP contribution is -2.31. The number of hydrogen-bond acceptors (Lipinski definition) is 7. The Kier molecular flexibility index (Phi) is 9.29. The molecule has 0 spiro atoms. The molecule has 2 N–H and O–H groups in total. The van der Waals surface area contributed by atoms with Gasteiger partial charge in [-0.15, -0.1) is 0 Å². The number of amides is 2. The normalized spacial score (nSPS) is 13.9. The van der Waals surface area contributed by atoms with Crippen molar-refractivity contribution < 1.29 is 32.7 Å². The van der Waals surface area contributed by atoms with Gasteiger partial charge in [-0.2, -0.15) is 5.10 Å². The Hall–Kier alpha value is -5.78. The van der Waals surface area contributed by atoms with E-state index in [9.17, 15) is 28.0 Å². The van der Waals surface area contributed by atoms with Gasteiger partial charge in [-0.1, -0.05) is 42.5 Å². The maximum atomic E-state index is 14.0. The van der Waals surface area contributed by atoms with Gasteiger partial charge in [-0.05, 0) is 86.6 Å². The average Bonchev–Trinajstić information content (AvgIpc) is 3.69. The highest BCUT2D eigenvalue weighted by Gasteiger charge is 2.30. The van der Waals surface area contributed by atoms with Gasteiger partial charge in [0.2, 0.25) is 0 Å². The number of nitrogens with zero attached hydrogens (tertiary/aromatic N) is 3. The summed E-state index contributed by atoms with van der Waals surface area (Å²) in [5.41, 5.74) is 3.40. The Morgan fingerprint density at radius 2 is 1.68 bits per heavy atom. The van der Waals surface area contributed by atoms with E-state index in [0.29, 0.717) is 24.0 Å². The number of esters is 1. The largest absolute Gasteiger partial charge is 0.456 e. The first kappa shape index (κ1) is 34.1. The SMILES string of the molecule is Cc1c(C(=O)OC(C)(C)C)ccc2c1CC[C@@H]2NC(=O)c1cc(C(=O)NCc2ccc(F)c(F)c2)nc2c(C(=O)Cc3ccccc3)cnn12. The first-order valence-electron chi connectivity index (χ1n) is 16.1. The van der Waals surface area contributed by atoms with E-state index in [4.69, 9.17) is 4.74 Å². The highest BCUT2D eigenvalue weighted by atomic mass is 19.2. The van der Waals surface area contributed by atoms with E-state index in [1.165, 1.54) is 22.8 Å². The molecule has 0 saturated heterocycles. The van der Waals surface area contributed by atoms with E-state index in [1.807, 2.05) is 43.3 Å². The fraction of sp³-hybridized carbons (Fsp3) is 0.263. The molecule has 0 bridgehead atoms. The summed E-state index contributed by atoms with van der Waals surface area (Å²) in [6, 6.07) is 16.7. The standard InChI is InChI=1S/C38H35F2N5O5/c1-21-24-13-15-30(26(24)12-11-25(21)37(49)50-38(2,3)4)44-36(48)32-18-31(35(47)41-19-23-10-14-28(39)29(40)16-23)43-34-27(20-42-45(32)34)33(46)17-22-8-6-5-7-9-22/h5-12,14,16,18,20,30H,13,15,17,19H2,1-4H3,(H,41,47)(H,44,48)/t30-/m0/s1. The first-order valence-corrected chi connectivity index (χ1v) is 16.1. The summed E-state index contributed by atoms with van der Waals surface area (Å²) in [5.74, 6) is -4.07. The summed E-state index contributed by atoms with van der Waals surface area (Å²) < 4.78 is 34.0. The molecule has 0 fully saturated rings. The molecule has 1 aliphatic carbocycles. The molecule has 256 valence electrons. The monoisotopic (exact) mass is 679 g/mol. The van der Waals surface area contributed by atoms with Crippen molar-refractivity contribution in [2.75, 3.05) is 0 Å². The van der Waals surface area contributed by atoms with E-state index in [-0.39, 0.29) is 41.3 Å². The van der Waals surface area contributed by atoms with Gasteiger partial charge in [0.15, 0.2) is 23.1 Å². The Morgan fingerprint density at radius 1 is 0.920 bits per heavy atom. The van der Waals surface area contributed by atoms with Crippen LogP contribution in [0.15, 0.2) is 72.9 Å². The van der Waals surface area contributed by atoms with Crippen molar-refractivity contribution in [3.8, 4) is 0 Å². The number of ketones is 1. The van der Waals surface area contributed by atoms with Gasteiger partial charge in [-0.3, -0.25) is 14.4 Å². The number of ether oxygens (including phenoxy) is 1. The maximum absolute atomic E-state index is 14.0. The zero-order valence-electron chi connectivity index (χ0n) is 28.0. The molecular weight excluding hydrogens is 644 g/mol. The summed E-state index contributed by atoms with van der Waals surface area (Å²) in [6.45, 7) is 7.13. The van der Waals surface area contributed by atoms with E-state index in [2.05, 4.69) is 20.7 Å². The molecule has 5 aromatic rings. The van der Waals surface area contributed by atoms with E-state index in [0.717, 1.165) is 34.4 Å². The summed E-state index contributed by atoms with van der Waals surface area (Å²) in [4.78, 5) is 58.0. The van der Waals surface area contributed by atoms with Gasteiger partial charge >= 0.3 is 5.97 Å². The second kappa shape index (κ2) is 13.6. The highest BCUT2D eigenvalue weighted by Crippen LogP contribution is 2.35. The third-order valence-electron chi connectivity index (χ3n) is 8.50. The number of halogens is 2. The molecule has 50 heavy (non-hydrogen) atoms. The zero-order chi connectivity index (χ0) is 35.7. The summed E-state index contributed by atoms with van der Waals surface area (Å²) >= 11 is 0. The molecule has 2 aromatic heterocycles. The molecule has 0 saturated carbocycles. The molecule has 6 rings (SSSR count). The number of fused-ring (bicyclic) bond motifs is 2. The van der Waals surface area contributed by atoms with Gasteiger partial charge in [0.1, 0.15) is 17.0 Å². The number of nitrogens with one attached hydrogen (secondary N) is 2. The van der Waals surface area contributed by atoms with Crippen LogP contribution in [0.1, 0.15) is 103 Å².